The van der Waals surface area contributed by atoms with Gasteiger partial charge in [-0.2, -0.15) is 4.57 Å². The number of ether oxygens (including phenoxy) is 1. The van der Waals surface area contributed by atoms with Gasteiger partial charge in [0, 0.05) is 29.1 Å². The molecule has 0 aliphatic carbocycles. The molecule has 5 aromatic carbocycles. The average molecular weight is 586 g/mol. The molecule has 0 amide bonds. The monoisotopic (exact) mass is 585 g/mol. The van der Waals surface area contributed by atoms with Gasteiger partial charge in [-0.15, -0.1) is 0 Å². The molecule has 0 saturated heterocycles. The van der Waals surface area contributed by atoms with E-state index in [1.165, 1.54) is 33.2 Å². The van der Waals surface area contributed by atoms with Crippen molar-refractivity contribution in [1.29, 1.82) is 0 Å². The summed E-state index contributed by atoms with van der Waals surface area (Å²) >= 11 is 0. The Labute approximate surface area is 262 Å². The van der Waals surface area contributed by atoms with Crippen LogP contribution in [0, 0.1) is 20.8 Å². The van der Waals surface area contributed by atoms with Crippen LogP contribution in [-0.4, -0.2) is 14.1 Å². The largest absolute Gasteiger partial charge is 0.457 e. The molecule has 0 saturated carbocycles. The summed E-state index contributed by atoms with van der Waals surface area (Å²) in [7, 11) is 2.09. The van der Waals surface area contributed by atoms with Crippen LogP contribution in [0.2, 0.25) is 0 Å². The SMILES string of the molecule is Cc1cc(C)c(-c2cc(Oc3cccc(-n4c5ccccc5c5cccnc54)c3)cc(-n3c[n+](C)c4ccccc43)c2)c(C)c1. The van der Waals surface area contributed by atoms with E-state index >= 15 is 0 Å². The van der Waals surface area contributed by atoms with Crippen LogP contribution in [0.15, 0.2) is 128 Å². The third kappa shape index (κ3) is 4.56. The van der Waals surface area contributed by atoms with Gasteiger partial charge in [0.2, 0.25) is 6.33 Å². The van der Waals surface area contributed by atoms with E-state index in [-0.39, 0.29) is 0 Å². The fraction of sp³-hybridized carbons (Fsp3) is 0.100. The van der Waals surface area contributed by atoms with Crippen molar-refractivity contribution >= 4 is 33.0 Å². The van der Waals surface area contributed by atoms with E-state index in [0.717, 1.165) is 50.5 Å². The number of benzene rings is 5. The molecular formula is C40H33N4O+. The minimum atomic E-state index is 0.762. The van der Waals surface area contributed by atoms with Crippen molar-refractivity contribution in [3.8, 4) is 34.0 Å². The maximum absolute atomic E-state index is 6.73. The van der Waals surface area contributed by atoms with Gasteiger partial charge < -0.3 is 4.74 Å². The van der Waals surface area contributed by atoms with E-state index in [2.05, 4.69) is 145 Å². The van der Waals surface area contributed by atoms with Crippen LogP contribution < -0.4 is 9.30 Å². The molecule has 45 heavy (non-hydrogen) atoms. The molecular weight excluding hydrogens is 552 g/mol. The second-order valence-electron chi connectivity index (χ2n) is 11.9. The van der Waals surface area contributed by atoms with Gasteiger partial charge in [0.25, 0.3) is 0 Å². The first kappa shape index (κ1) is 26.9. The highest BCUT2D eigenvalue weighted by molar-refractivity contribution is 6.07. The Kier molecular flexibility index (Phi) is 6.27. The average Bonchev–Trinajstić information content (AvgIpc) is 3.56. The molecule has 0 atom stereocenters. The summed E-state index contributed by atoms with van der Waals surface area (Å²) in [5.74, 6) is 1.54. The van der Waals surface area contributed by atoms with Gasteiger partial charge in [0.15, 0.2) is 11.0 Å². The smallest absolute Gasteiger partial charge is 0.249 e. The molecule has 0 unspecified atom stereocenters. The van der Waals surface area contributed by atoms with Crippen LogP contribution in [0.25, 0.3) is 55.5 Å². The van der Waals surface area contributed by atoms with Gasteiger partial charge in [0.05, 0.1) is 18.3 Å². The van der Waals surface area contributed by atoms with Crippen LogP contribution in [0.3, 0.4) is 0 Å². The number of hydrogen-bond donors (Lipinski definition) is 0. The van der Waals surface area contributed by atoms with Gasteiger partial charge in [-0.05, 0) is 97.6 Å². The Balaban J connectivity index is 1.28. The maximum atomic E-state index is 6.73. The summed E-state index contributed by atoms with van der Waals surface area (Å²) in [6.45, 7) is 6.54. The number of pyridine rings is 1. The van der Waals surface area contributed by atoms with Crippen molar-refractivity contribution < 1.29 is 9.30 Å². The minimum Gasteiger partial charge on any atom is -0.457 e. The summed E-state index contributed by atoms with van der Waals surface area (Å²) in [6.07, 6.45) is 3.99. The van der Waals surface area contributed by atoms with Crippen LogP contribution in [-0.2, 0) is 7.05 Å². The predicted octanol–water partition coefficient (Wildman–Crippen LogP) is 9.33. The Morgan fingerprint density at radius 1 is 0.644 bits per heavy atom. The molecule has 8 aromatic rings. The second kappa shape index (κ2) is 10.5. The summed E-state index contributed by atoms with van der Waals surface area (Å²) < 4.78 is 13.3. The Hall–Kier alpha value is -5.68. The van der Waals surface area contributed by atoms with Gasteiger partial charge in [-0.25, -0.2) is 9.55 Å². The zero-order valence-corrected chi connectivity index (χ0v) is 25.8. The number of aryl methyl sites for hydroxylation is 4. The second-order valence-corrected chi connectivity index (χ2v) is 11.9. The fourth-order valence-electron chi connectivity index (χ4n) is 6.91. The molecule has 8 rings (SSSR count). The van der Waals surface area contributed by atoms with Crippen LogP contribution in [0.5, 0.6) is 11.5 Å². The summed E-state index contributed by atoms with van der Waals surface area (Å²) in [6, 6.07) is 40.4. The fourth-order valence-corrected chi connectivity index (χ4v) is 6.91. The summed E-state index contributed by atoms with van der Waals surface area (Å²) in [5, 5.41) is 2.31. The molecule has 218 valence electrons. The standard InChI is InChI=1S/C40H33N4O/c1-26-19-27(2)39(28(3)20-26)29-21-31(43-25-42(4)37-16-7-8-17-38(37)43)24-33(22-29)45-32-12-9-11-30(23-32)44-36-15-6-5-13-34(36)35-14-10-18-41-40(35)44/h5-25H,1-4H3/q+1. The molecule has 5 heteroatoms. The number of aromatic nitrogens is 4. The first-order chi connectivity index (χ1) is 21.9. The molecule has 0 bridgehead atoms. The predicted molar refractivity (Wildman–Crippen MR) is 183 cm³/mol. The topological polar surface area (TPSA) is 35.9 Å². The number of para-hydroxylation sites is 3. The lowest BCUT2D eigenvalue weighted by Crippen LogP contribution is -2.25. The normalized spacial score (nSPS) is 11.6. The Bertz CT molecular complexity index is 2340. The van der Waals surface area contributed by atoms with Crippen molar-refractivity contribution in [2.75, 3.05) is 0 Å². The van der Waals surface area contributed by atoms with Gasteiger partial charge in [0.1, 0.15) is 22.8 Å². The molecule has 0 aliphatic rings. The lowest BCUT2D eigenvalue weighted by Gasteiger charge is -2.15. The van der Waals surface area contributed by atoms with E-state index in [9.17, 15) is 0 Å². The Morgan fingerprint density at radius 2 is 1.38 bits per heavy atom. The van der Waals surface area contributed by atoms with Crippen molar-refractivity contribution in [3.63, 3.8) is 0 Å². The van der Waals surface area contributed by atoms with E-state index in [1.54, 1.807) is 0 Å². The molecule has 0 aliphatic heterocycles. The molecule has 5 nitrogen and oxygen atoms in total. The highest BCUT2D eigenvalue weighted by Gasteiger charge is 2.19. The lowest BCUT2D eigenvalue weighted by molar-refractivity contribution is -0.645. The van der Waals surface area contributed by atoms with Crippen molar-refractivity contribution in [1.82, 2.24) is 14.1 Å². The summed E-state index contributed by atoms with van der Waals surface area (Å²) in [4.78, 5) is 4.77. The van der Waals surface area contributed by atoms with Gasteiger partial charge in [-0.3, -0.25) is 4.57 Å². The first-order valence-corrected chi connectivity index (χ1v) is 15.3. The highest BCUT2D eigenvalue weighted by Crippen LogP contribution is 2.37. The van der Waals surface area contributed by atoms with E-state index in [0.29, 0.717) is 0 Å². The van der Waals surface area contributed by atoms with Gasteiger partial charge >= 0.3 is 0 Å². The van der Waals surface area contributed by atoms with Crippen LogP contribution in [0.1, 0.15) is 16.7 Å². The number of fused-ring (bicyclic) bond motifs is 4. The Morgan fingerprint density at radius 3 is 2.22 bits per heavy atom. The number of rotatable bonds is 5. The summed E-state index contributed by atoms with van der Waals surface area (Å²) in [5.41, 5.74) is 12.5. The van der Waals surface area contributed by atoms with E-state index in [1.807, 2.05) is 24.4 Å². The van der Waals surface area contributed by atoms with Crippen molar-refractivity contribution in [3.05, 3.63) is 144 Å². The quantitative estimate of drug-likeness (QED) is 0.189. The number of nitrogens with zero attached hydrogens (tertiary/aromatic N) is 4. The van der Waals surface area contributed by atoms with Crippen molar-refractivity contribution in [2.24, 2.45) is 7.05 Å². The van der Waals surface area contributed by atoms with E-state index in [4.69, 9.17) is 9.72 Å². The maximum Gasteiger partial charge on any atom is 0.249 e. The van der Waals surface area contributed by atoms with Crippen LogP contribution in [0.4, 0.5) is 0 Å². The first-order valence-electron chi connectivity index (χ1n) is 15.3. The molecule has 3 aromatic heterocycles. The van der Waals surface area contributed by atoms with Crippen molar-refractivity contribution in [2.45, 2.75) is 20.8 Å². The molecule has 0 radical (unpaired) electrons. The molecule has 0 N–H and O–H groups in total. The number of imidazole rings is 1. The van der Waals surface area contributed by atoms with E-state index < -0.39 is 0 Å². The van der Waals surface area contributed by atoms with Crippen LogP contribution >= 0.6 is 0 Å². The highest BCUT2D eigenvalue weighted by atomic mass is 16.5. The minimum absolute atomic E-state index is 0.762. The zero-order valence-electron chi connectivity index (χ0n) is 25.8. The third-order valence-corrected chi connectivity index (χ3v) is 8.69. The number of hydrogen-bond acceptors (Lipinski definition) is 2. The molecule has 0 fully saturated rings. The zero-order chi connectivity index (χ0) is 30.7. The lowest BCUT2D eigenvalue weighted by atomic mass is 9.93. The molecule has 0 spiro atoms. The third-order valence-electron chi connectivity index (χ3n) is 8.69. The molecule has 3 heterocycles. The van der Waals surface area contributed by atoms with Gasteiger partial charge in [-0.1, -0.05) is 54.1 Å².